The molecule has 0 unspecified atom stereocenters. The average Bonchev–Trinajstić information content (AvgIpc) is 2.15. The van der Waals surface area contributed by atoms with Gasteiger partial charge in [-0.25, -0.2) is 0 Å². The molecule has 5 heteroatoms. The van der Waals surface area contributed by atoms with Gasteiger partial charge in [-0.1, -0.05) is 12.1 Å². The lowest BCUT2D eigenvalue weighted by atomic mass is 10.2. The van der Waals surface area contributed by atoms with Crippen LogP contribution in [-0.2, 0) is 0 Å². The SMILES string of the molecule is NNc1ccccc1NCC(N)N. The Hall–Kier alpha value is -1.30. The molecule has 0 spiro atoms. The molecule has 0 saturated carbocycles. The minimum atomic E-state index is -0.370. The largest absolute Gasteiger partial charge is 0.380 e. The Labute approximate surface area is 77.3 Å². The second-order valence-corrected chi connectivity index (χ2v) is 2.73. The zero-order valence-electron chi connectivity index (χ0n) is 7.33. The molecule has 72 valence electrons. The van der Waals surface area contributed by atoms with E-state index in [9.17, 15) is 0 Å². The molecule has 5 nitrogen and oxygen atoms in total. The number of hydrogen-bond donors (Lipinski definition) is 5. The Kier molecular flexibility index (Phi) is 3.51. The van der Waals surface area contributed by atoms with E-state index in [4.69, 9.17) is 17.3 Å². The van der Waals surface area contributed by atoms with Crippen LogP contribution in [0.5, 0.6) is 0 Å². The number of nitrogens with two attached hydrogens (primary N) is 3. The van der Waals surface area contributed by atoms with E-state index in [0.717, 1.165) is 11.4 Å². The summed E-state index contributed by atoms with van der Waals surface area (Å²) in [7, 11) is 0. The van der Waals surface area contributed by atoms with E-state index in [-0.39, 0.29) is 6.17 Å². The topological polar surface area (TPSA) is 102 Å². The van der Waals surface area contributed by atoms with Crippen molar-refractivity contribution in [2.45, 2.75) is 6.17 Å². The fourth-order valence-corrected chi connectivity index (χ4v) is 0.991. The van der Waals surface area contributed by atoms with Gasteiger partial charge in [-0.05, 0) is 12.1 Å². The average molecular weight is 181 g/mol. The van der Waals surface area contributed by atoms with Crippen molar-refractivity contribution in [2.75, 3.05) is 17.3 Å². The van der Waals surface area contributed by atoms with E-state index in [1.165, 1.54) is 0 Å². The number of hydrazine groups is 1. The van der Waals surface area contributed by atoms with Gasteiger partial charge in [0.15, 0.2) is 0 Å². The maximum Gasteiger partial charge on any atom is 0.0718 e. The Bertz CT molecular complexity index is 260. The van der Waals surface area contributed by atoms with Crippen molar-refractivity contribution in [3.8, 4) is 0 Å². The maximum atomic E-state index is 5.40. The van der Waals surface area contributed by atoms with Crippen molar-refractivity contribution >= 4 is 11.4 Å². The molecule has 8 N–H and O–H groups in total. The Balaban J connectivity index is 2.64. The van der Waals surface area contributed by atoms with Crippen molar-refractivity contribution in [3.05, 3.63) is 24.3 Å². The lowest BCUT2D eigenvalue weighted by Gasteiger charge is -2.12. The number of rotatable bonds is 4. The molecule has 0 heterocycles. The summed E-state index contributed by atoms with van der Waals surface area (Å²) in [6.07, 6.45) is -0.370. The molecule has 1 aromatic carbocycles. The number of para-hydroxylation sites is 2. The molecule has 0 radical (unpaired) electrons. The molecule has 0 amide bonds. The van der Waals surface area contributed by atoms with Gasteiger partial charge >= 0.3 is 0 Å². The fourth-order valence-electron chi connectivity index (χ4n) is 0.991. The maximum absolute atomic E-state index is 5.40. The van der Waals surface area contributed by atoms with Crippen LogP contribution in [0.3, 0.4) is 0 Å². The van der Waals surface area contributed by atoms with E-state index >= 15 is 0 Å². The molecule has 1 aromatic rings. The van der Waals surface area contributed by atoms with Crippen LogP contribution in [0.2, 0.25) is 0 Å². The normalized spacial score (nSPS) is 10.2. The highest BCUT2D eigenvalue weighted by molar-refractivity contribution is 5.67. The lowest BCUT2D eigenvalue weighted by Crippen LogP contribution is -2.37. The summed E-state index contributed by atoms with van der Waals surface area (Å²) in [6, 6.07) is 7.57. The summed E-state index contributed by atoms with van der Waals surface area (Å²) in [5.74, 6) is 5.30. The fraction of sp³-hybridized carbons (Fsp3) is 0.250. The Morgan fingerprint density at radius 2 is 1.77 bits per heavy atom. The predicted octanol–water partition coefficient (Wildman–Crippen LogP) is -0.372. The molecule has 0 fully saturated rings. The quantitative estimate of drug-likeness (QED) is 0.248. The summed E-state index contributed by atoms with van der Waals surface area (Å²) >= 11 is 0. The zero-order valence-corrected chi connectivity index (χ0v) is 7.33. The molecular weight excluding hydrogens is 166 g/mol. The molecule has 0 bridgehead atoms. The first-order valence-corrected chi connectivity index (χ1v) is 4.04. The number of nitrogens with one attached hydrogen (secondary N) is 2. The van der Waals surface area contributed by atoms with Gasteiger partial charge < -0.3 is 22.2 Å². The van der Waals surface area contributed by atoms with Crippen LogP contribution in [-0.4, -0.2) is 12.7 Å². The molecule has 0 aromatic heterocycles. The van der Waals surface area contributed by atoms with Gasteiger partial charge in [0.1, 0.15) is 0 Å². The van der Waals surface area contributed by atoms with Crippen LogP contribution in [0.25, 0.3) is 0 Å². The summed E-state index contributed by atoms with van der Waals surface area (Å²) in [5.41, 5.74) is 15.1. The smallest absolute Gasteiger partial charge is 0.0718 e. The van der Waals surface area contributed by atoms with Crippen molar-refractivity contribution in [3.63, 3.8) is 0 Å². The van der Waals surface area contributed by atoms with Crippen LogP contribution in [0.1, 0.15) is 0 Å². The highest BCUT2D eigenvalue weighted by atomic mass is 15.2. The second kappa shape index (κ2) is 4.66. The molecular formula is C8H15N5. The molecule has 0 atom stereocenters. The molecule has 13 heavy (non-hydrogen) atoms. The first-order valence-electron chi connectivity index (χ1n) is 4.04. The van der Waals surface area contributed by atoms with Crippen molar-refractivity contribution in [1.29, 1.82) is 0 Å². The minimum Gasteiger partial charge on any atom is -0.380 e. The third-order valence-corrected chi connectivity index (χ3v) is 1.61. The summed E-state index contributed by atoms with van der Waals surface area (Å²) in [4.78, 5) is 0. The van der Waals surface area contributed by atoms with E-state index in [2.05, 4.69) is 10.7 Å². The summed E-state index contributed by atoms with van der Waals surface area (Å²) in [6.45, 7) is 0.513. The molecule has 1 rings (SSSR count). The molecule has 0 aliphatic carbocycles. The van der Waals surface area contributed by atoms with Gasteiger partial charge in [0.05, 0.1) is 17.5 Å². The van der Waals surface area contributed by atoms with Gasteiger partial charge in [0.2, 0.25) is 0 Å². The number of benzene rings is 1. The van der Waals surface area contributed by atoms with Crippen LogP contribution in [0.4, 0.5) is 11.4 Å². The molecule has 0 aliphatic heterocycles. The van der Waals surface area contributed by atoms with Gasteiger partial charge in [-0.2, -0.15) is 0 Å². The number of hydrogen-bond acceptors (Lipinski definition) is 5. The first-order chi connectivity index (χ1) is 6.24. The second-order valence-electron chi connectivity index (χ2n) is 2.73. The number of anilines is 2. The van der Waals surface area contributed by atoms with E-state index in [1.807, 2.05) is 24.3 Å². The summed E-state index contributed by atoms with van der Waals surface area (Å²) in [5, 5.41) is 3.07. The van der Waals surface area contributed by atoms with E-state index < -0.39 is 0 Å². The van der Waals surface area contributed by atoms with Crippen LogP contribution in [0, 0.1) is 0 Å². The molecule has 0 saturated heterocycles. The Morgan fingerprint density at radius 3 is 2.31 bits per heavy atom. The third kappa shape index (κ3) is 2.90. The van der Waals surface area contributed by atoms with Gasteiger partial charge in [-0.3, -0.25) is 5.84 Å². The van der Waals surface area contributed by atoms with Crippen LogP contribution in [0.15, 0.2) is 24.3 Å². The highest BCUT2D eigenvalue weighted by Gasteiger charge is 1.99. The molecule has 0 aliphatic rings. The van der Waals surface area contributed by atoms with E-state index in [0.29, 0.717) is 6.54 Å². The van der Waals surface area contributed by atoms with Crippen molar-refractivity contribution in [2.24, 2.45) is 17.3 Å². The van der Waals surface area contributed by atoms with Crippen LogP contribution < -0.4 is 28.1 Å². The van der Waals surface area contributed by atoms with Crippen LogP contribution >= 0.6 is 0 Å². The zero-order chi connectivity index (χ0) is 9.68. The van der Waals surface area contributed by atoms with Gasteiger partial charge in [-0.15, -0.1) is 0 Å². The predicted molar refractivity (Wildman–Crippen MR) is 54.9 cm³/mol. The Morgan fingerprint density at radius 1 is 1.15 bits per heavy atom. The summed E-state index contributed by atoms with van der Waals surface area (Å²) < 4.78 is 0. The lowest BCUT2D eigenvalue weighted by molar-refractivity contribution is 0.743. The highest BCUT2D eigenvalue weighted by Crippen LogP contribution is 2.18. The standard InChI is InChI=1S/C8H15N5/c9-8(10)5-12-6-3-1-2-4-7(6)13-11/h1-4,8,12-13H,5,9-11H2. The third-order valence-electron chi connectivity index (χ3n) is 1.61. The van der Waals surface area contributed by atoms with E-state index in [1.54, 1.807) is 0 Å². The van der Waals surface area contributed by atoms with Gasteiger partial charge in [0.25, 0.3) is 0 Å². The number of nitrogen functional groups attached to an aromatic ring is 1. The van der Waals surface area contributed by atoms with Crippen molar-refractivity contribution < 1.29 is 0 Å². The first kappa shape index (κ1) is 9.79. The van der Waals surface area contributed by atoms with Gasteiger partial charge in [0, 0.05) is 6.54 Å². The minimum absolute atomic E-state index is 0.370. The monoisotopic (exact) mass is 181 g/mol. The van der Waals surface area contributed by atoms with Crippen molar-refractivity contribution in [1.82, 2.24) is 0 Å².